The molecule has 20 heavy (non-hydrogen) atoms. The van der Waals surface area contributed by atoms with E-state index in [4.69, 9.17) is 4.74 Å². The Morgan fingerprint density at radius 1 is 1.50 bits per heavy atom. The zero-order chi connectivity index (χ0) is 14.5. The number of carbonyl (C=O) groups is 1. The number of nitrogens with one attached hydrogen (secondary N) is 1. The van der Waals surface area contributed by atoms with Crippen LogP contribution in [0.4, 0.5) is 0 Å². The van der Waals surface area contributed by atoms with E-state index in [0.29, 0.717) is 17.0 Å². The van der Waals surface area contributed by atoms with Gasteiger partial charge < -0.3 is 9.84 Å². The largest absolute Gasteiger partial charge is 0.504 e. The Balaban J connectivity index is 2.04. The first-order chi connectivity index (χ1) is 9.61. The van der Waals surface area contributed by atoms with E-state index < -0.39 is 0 Å². The minimum Gasteiger partial charge on any atom is -0.504 e. The van der Waals surface area contributed by atoms with E-state index in [9.17, 15) is 9.90 Å². The number of benzene rings is 1. The number of aryl methyl sites for hydroxylation is 1. The van der Waals surface area contributed by atoms with E-state index in [1.54, 1.807) is 25.2 Å². The van der Waals surface area contributed by atoms with Crippen LogP contribution in [-0.2, 0) is 7.05 Å². The van der Waals surface area contributed by atoms with Crippen LogP contribution in [0.2, 0.25) is 0 Å². The first kappa shape index (κ1) is 13.6. The molecule has 1 heterocycles. The summed E-state index contributed by atoms with van der Waals surface area (Å²) in [5.41, 5.74) is 3.49. The molecule has 0 aliphatic carbocycles. The van der Waals surface area contributed by atoms with Gasteiger partial charge in [-0.3, -0.25) is 9.48 Å². The number of amides is 1. The van der Waals surface area contributed by atoms with Gasteiger partial charge in [-0.25, -0.2) is 5.43 Å². The molecule has 1 aromatic carbocycles. The van der Waals surface area contributed by atoms with E-state index >= 15 is 0 Å². The molecule has 0 aliphatic heterocycles. The number of hydrogen-bond donors (Lipinski definition) is 2. The van der Waals surface area contributed by atoms with Crippen LogP contribution >= 0.6 is 0 Å². The number of phenolic OH excluding ortho intramolecular Hbond substituents is 1. The number of rotatable bonds is 4. The molecule has 2 aromatic rings. The normalized spacial score (nSPS) is 10.7. The maximum atomic E-state index is 11.7. The Kier molecular flexibility index (Phi) is 3.99. The SMILES string of the molecule is COc1cc(C=NNC(=O)c2ccnn2C)ccc1O. The lowest BCUT2D eigenvalue weighted by Gasteiger charge is -2.03. The van der Waals surface area contributed by atoms with Crippen molar-refractivity contribution < 1.29 is 14.6 Å². The number of hydrogen-bond acceptors (Lipinski definition) is 5. The Morgan fingerprint density at radius 3 is 2.95 bits per heavy atom. The van der Waals surface area contributed by atoms with Crippen molar-refractivity contribution in [3.63, 3.8) is 0 Å². The third kappa shape index (κ3) is 2.94. The van der Waals surface area contributed by atoms with Gasteiger partial charge in [0.1, 0.15) is 5.69 Å². The maximum absolute atomic E-state index is 11.7. The number of ether oxygens (including phenoxy) is 1. The molecule has 0 unspecified atom stereocenters. The van der Waals surface area contributed by atoms with Crippen molar-refractivity contribution in [1.29, 1.82) is 0 Å². The van der Waals surface area contributed by atoms with Crippen LogP contribution in [0.5, 0.6) is 11.5 Å². The minimum absolute atomic E-state index is 0.0450. The van der Waals surface area contributed by atoms with Gasteiger partial charge in [0, 0.05) is 13.2 Å². The van der Waals surface area contributed by atoms with Gasteiger partial charge in [0.2, 0.25) is 0 Å². The highest BCUT2D eigenvalue weighted by Crippen LogP contribution is 2.25. The number of aromatic hydroxyl groups is 1. The fourth-order valence-electron chi connectivity index (χ4n) is 1.59. The summed E-state index contributed by atoms with van der Waals surface area (Å²) in [4.78, 5) is 11.7. The summed E-state index contributed by atoms with van der Waals surface area (Å²) in [6.45, 7) is 0. The maximum Gasteiger partial charge on any atom is 0.289 e. The molecule has 0 fully saturated rings. The van der Waals surface area contributed by atoms with Crippen LogP contribution in [0.25, 0.3) is 0 Å². The van der Waals surface area contributed by atoms with Gasteiger partial charge in [-0.1, -0.05) is 0 Å². The molecule has 0 aliphatic rings. The molecule has 104 valence electrons. The molecule has 7 nitrogen and oxygen atoms in total. The van der Waals surface area contributed by atoms with Crippen LogP contribution in [-0.4, -0.2) is 34.1 Å². The monoisotopic (exact) mass is 274 g/mol. The number of nitrogens with zero attached hydrogens (tertiary/aromatic N) is 3. The predicted molar refractivity (Wildman–Crippen MR) is 72.9 cm³/mol. The summed E-state index contributed by atoms with van der Waals surface area (Å²) in [6.07, 6.45) is 2.99. The van der Waals surface area contributed by atoms with E-state index in [1.165, 1.54) is 30.3 Å². The predicted octanol–water partition coefficient (Wildman–Crippen LogP) is 0.898. The zero-order valence-electron chi connectivity index (χ0n) is 11.1. The van der Waals surface area contributed by atoms with Crippen LogP contribution in [0.3, 0.4) is 0 Å². The second-order valence-corrected chi connectivity index (χ2v) is 3.97. The number of methoxy groups -OCH3 is 1. The number of phenols is 1. The molecule has 2 rings (SSSR count). The van der Waals surface area contributed by atoms with Gasteiger partial charge in [0.15, 0.2) is 11.5 Å². The van der Waals surface area contributed by atoms with Gasteiger partial charge in [-0.15, -0.1) is 0 Å². The molecule has 0 radical (unpaired) electrons. The quantitative estimate of drug-likeness (QED) is 0.640. The summed E-state index contributed by atoms with van der Waals surface area (Å²) >= 11 is 0. The summed E-state index contributed by atoms with van der Waals surface area (Å²) in [5, 5.41) is 17.2. The van der Waals surface area contributed by atoms with Crippen molar-refractivity contribution >= 4 is 12.1 Å². The molecule has 2 N–H and O–H groups in total. The third-order valence-corrected chi connectivity index (χ3v) is 2.64. The smallest absolute Gasteiger partial charge is 0.289 e. The Hall–Kier alpha value is -2.83. The Bertz CT molecular complexity index is 649. The van der Waals surface area contributed by atoms with Crippen molar-refractivity contribution in [2.45, 2.75) is 0 Å². The topological polar surface area (TPSA) is 88.7 Å². The van der Waals surface area contributed by atoms with E-state index in [1.807, 2.05) is 0 Å². The van der Waals surface area contributed by atoms with E-state index in [-0.39, 0.29) is 11.7 Å². The molecule has 0 spiro atoms. The zero-order valence-corrected chi connectivity index (χ0v) is 11.1. The molecular weight excluding hydrogens is 260 g/mol. The molecule has 7 heteroatoms. The van der Waals surface area contributed by atoms with Crippen LogP contribution in [0.1, 0.15) is 16.1 Å². The lowest BCUT2D eigenvalue weighted by atomic mass is 10.2. The molecule has 0 bridgehead atoms. The summed E-state index contributed by atoms with van der Waals surface area (Å²) in [6, 6.07) is 6.34. The van der Waals surface area contributed by atoms with Gasteiger partial charge in [0.05, 0.1) is 13.3 Å². The van der Waals surface area contributed by atoms with Crippen LogP contribution in [0.15, 0.2) is 35.6 Å². The average Bonchev–Trinajstić information content (AvgIpc) is 2.87. The summed E-state index contributed by atoms with van der Waals surface area (Å²) < 4.78 is 6.43. The van der Waals surface area contributed by atoms with Crippen molar-refractivity contribution in [1.82, 2.24) is 15.2 Å². The van der Waals surface area contributed by atoms with Crippen molar-refractivity contribution in [2.24, 2.45) is 12.1 Å². The van der Waals surface area contributed by atoms with Gasteiger partial charge in [0.25, 0.3) is 5.91 Å². The highest BCUT2D eigenvalue weighted by atomic mass is 16.5. The lowest BCUT2D eigenvalue weighted by molar-refractivity contribution is 0.0945. The molecule has 0 atom stereocenters. The molecule has 1 amide bonds. The van der Waals surface area contributed by atoms with Crippen molar-refractivity contribution in [3.8, 4) is 11.5 Å². The fraction of sp³-hybridized carbons (Fsp3) is 0.154. The van der Waals surface area contributed by atoms with E-state index in [0.717, 1.165) is 0 Å². The number of aromatic nitrogens is 2. The standard InChI is InChI=1S/C13H14N4O3/c1-17-10(5-6-15-17)13(19)16-14-8-9-3-4-11(18)12(7-9)20-2/h3-8,18H,1-2H3,(H,16,19). The first-order valence-electron chi connectivity index (χ1n) is 5.80. The van der Waals surface area contributed by atoms with Gasteiger partial charge >= 0.3 is 0 Å². The van der Waals surface area contributed by atoms with Gasteiger partial charge in [-0.05, 0) is 29.8 Å². The highest BCUT2D eigenvalue weighted by Gasteiger charge is 2.08. The van der Waals surface area contributed by atoms with Crippen LogP contribution in [0, 0.1) is 0 Å². The van der Waals surface area contributed by atoms with Crippen molar-refractivity contribution in [3.05, 3.63) is 41.7 Å². The highest BCUT2D eigenvalue weighted by molar-refractivity contribution is 5.93. The summed E-state index contributed by atoms with van der Waals surface area (Å²) in [7, 11) is 3.13. The summed E-state index contributed by atoms with van der Waals surface area (Å²) in [5.74, 6) is 0.0301. The van der Waals surface area contributed by atoms with E-state index in [2.05, 4.69) is 15.6 Å². The third-order valence-electron chi connectivity index (χ3n) is 2.64. The van der Waals surface area contributed by atoms with Gasteiger partial charge in [-0.2, -0.15) is 10.2 Å². The second kappa shape index (κ2) is 5.87. The minimum atomic E-state index is -0.355. The molecular formula is C13H14N4O3. The first-order valence-corrected chi connectivity index (χ1v) is 5.80. The Labute approximate surface area is 115 Å². The lowest BCUT2D eigenvalue weighted by Crippen LogP contribution is -2.20. The van der Waals surface area contributed by atoms with Crippen LogP contribution < -0.4 is 10.2 Å². The Morgan fingerprint density at radius 2 is 2.30 bits per heavy atom. The average molecular weight is 274 g/mol. The number of hydrazone groups is 1. The van der Waals surface area contributed by atoms with Crippen molar-refractivity contribution in [2.75, 3.05) is 7.11 Å². The molecule has 0 saturated heterocycles. The molecule has 0 saturated carbocycles. The second-order valence-electron chi connectivity index (χ2n) is 3.97. The number of carbonyl (C=O) groups excluding carboxylic acids is 1. The molecule has 1 aromatic heterocycles. The fourth-order valence-corrected chi connectivity index (χ4v) is 1.59.